The van der Waals surface area contributed by atoms with Crippen LogP contribution in [0.5, 0.6) is 11.8 Å². The summed E-state index contributed by atoms with van der Waals surface area (Å²) < 4.78 is 57.8. The van der Waals surface area contributed by atoms with E-state index in [1.54, 1.807) is 96.0 Å². The van der Waals surface area contributed by atoms with Gasteiger partial charge in [-0.3, -0.25) is 9.97 Å². The van der Waals surface area contributed by atoms with Gasteiger partial charge >= 0.3 is 0 Å². The molecule has 2 aromatic carbocycles. The SMILES string of the molecule is C[C@@H](Oc1cncc(-c2ccc(S(C)(=O)=O)cc2)n1)c1cccs1.C[C@H](Oc1cncc(-c2ccc(S(C)(=O)=O)cc2)n1)c1cccs1. The minimum Gasteiger partial charge on any atom is -0.468 e. The van der Waals surface area contributed by atoms with Crippen LogP contribution in [0.15, 0.2) is 118 Å². The van der Waals surface area contributed by atoms with Crippen LogP contribution in [0.4, 0.5) is 0 Å². The van der Waals surface area contributed by atoms with Crippen molar-refractivity contribution >= 4 is 42.3 Å². The van der Waals surface area contributed by atoms with Crippen molar-refractivity contribution in [1.82, 2.24) is 19.9 Å². The second kappa shape index (κ2) is 15.2. The number of ether oxygens (including phenoxy) is 2. The van der Waals surface area contributed by atoms with Crippen molar-refractivity contribution < 1.29 is 26.3 Å². The topological polar surface area (TPSA) is 138 Å². The first-order chi connectivity index (χ1) is 22.9. The largest absolute Gasteiger partial charge is 0.468 e. The van der Waals surface area contributed by atoms with Crippen molar-refractivity contribution in [2.24, 2.45) is 0 Å². The molecule has 4 aromatic heterocycles. The van der Waals surface area contributed by atoms with Crippen molar-refractivity contribution in [3.8, 4) is 34.3 Å². The van der Waals surface area contributed by atoms with E-state index in [2.05, 4.69) is 19.9 Å². The third kappa shape index (κ3) is 9.31. The van der Waals surface area contributed by atoms with Gasteiger partial charge in [-0.2, -0.15) is 0 Å². The van der Waals surface area contributed by atoms with E-state index in [9.17, 15) is 16.8 Å². The first-order valence-electron chi connectivity index (χ1n) is 14.5. The molecule has 0 fully saturated rings. The van der Waals surface area contributed by atoms with Gasteiger partial charge in [0.1, 0.15) is 12.2 Å². The average molecular weight is 721 g/mol. The fourth-order valence-electron chi connectivity index (χ4n) is 4.36. The number of aromatic nitrogens is 4. The van der Waals surface area contributed by atoms with Crippen molar-refractivity contribution in [3.63, 3.8) is 0 Å². The molecule has 0 spiro atoms. The molecule has 0 radical (unpaired) electrons. The maximum absolute atomic E-state index is 11.5. The van der Waals surface area contributed by atoms with Crippen LogP contribution in [0, 0.1) is 0 Å². The minimum atomic E-state index is -3.21. The Labute approximate surface area is 288 Å². The van der Waals surface area contributed by atoms with Crippen molar-refractivity contribution in [2.75, 3.05) is 12.5 Å². The zero-order valence-electron chi connectivity index (χ0n) is 26.4. The highest BCUT2D eigenvalue weighted by Crippen LogP contribution is 2.27. The summed E-state index contributed by atoms with van der Waals surface area (Å²) in [6.45, 7) is 3.92. The van der Waals surface area contributed by atoms with Crippen LogP contribution in [-0.2, 0) is 19.7 Å². The van der Waals surface area contributed by atoms with Gasteiger partial charge in [0.05, 0.1) is 46.0 Å². The summed E-state index contributed by atoms with van der Waals surface area (Å²) in [4.78, 5) is 20.0. The molecule has 0 saturated carbocycles. The highest BCUT2D eigenvalue weighted by Gasteiger charge is 2.13. The molecule has 0 bridgehead atoms. The highest BCUT2D eigenvalue weighted by molar-refractivity contribution is 7.91. The summed E-state index contributed by atoms with van der Waals surface area (Å²) in [5, 5.41) is 4.00. The molecule has 0 amide bonds. The molecule has 0 aliphatic carbocycles. The van der Waals surface area contributed by atoms with Gasteiger partial charge in [-0.05, 0) is 61.0 Å². The quantitative estimate of drug-likeness (QED) is 0.140. The van der Waals surface area contributed by atoms with Crippen LogP contribution < -0.4 is 9.47 Å². The Bertz CT molecular complexity index is 2000. The van der Waals surface area contributed by atoms with Gasteiger partial charge in [-0.1, -0.05) is 36.4 Å². The Hall–Kier alpha value is -4.50. The first kappa shape index (κ1) is 34.8. The molecule has 0 unspecified atom stereocenters. The Morgan fingerprint density at radius 2 is 0.938 bits per heavy atom. The van der Waals surface area contributed by atoms with Gasteiger partial charge < -0.3 is 9.47 Å². The molecule has 0 aliphatic heterocycles. The van der Waals surface area contributed by atoms with Gasteiger partial charge in [0.2, 0.25) is 11.8 Å². The Morgan fingerprint density at radius 3 is 1.25 bits per heavy atom. The van der Waals surface area contributed by atoms with Gasteiger partial charge in [-0.25, -0.2) is 26.8 Å². The van der Waals surface area contributed by atoms with E-state index in [0.717, 1.165) is 20.9 Å². The van der Waals surface area contributed by atoms with Crippen molar-refractivity contribution in [1.29, 1.82) is 0 Å². The smallest absolute Gasteiger partial charge is 0.233 e. The summed E-state index contributed by atoms with van der Waals surface area (Å²) in [5.41, 5.74) is 2.82. The van der Waals surface area contributed by atoms with E-state index in [1.807, 2.05) is 48.9 Å². The molecular weight excluding hydrogens is 689 g/mol. The number of rotatable bonds is 10. The molecule has 0 saturated heterocycles. The van der Waals surface area contributed by atoms with Crippen LogP contribution in [0.25, 0.3) is 22.5 Å². The maximum atomic E-state index is 11.5. The lowest BCUT2D eigenvalue weighted by atomic mass is 10.2. The number of nitrogens with zero attached hydrogens (tertiary/aromatic N) is 4. The summed E-state index contributed by atoms with van der Waals surface area (Å²) in [6.07, 6.45) is 8.53. The third-order valence-electron chi connectivity index (χ3n) is 6.86. The molecule has 2 atom stereocenters. The van der Waals surface area contributed by atoms with Gasteiger partial charge in [0, 0.05) is 33.4 Å². The lowest BCUT2D eigenvalue weighted by Gasteiger charge is -2.12. The van der Waals surface area contributed by atoms with E-state index < -0.39 is 19.7 Å². The lowest BCUT2D eigenvalue weighted by molar-refractivity contribution is 0.220. The molecule has 6 aromatic rings. The number of hydrogen-bond donors (Lipinski definition) is 0. The molecule has 248 valence electrons. The first-order valence-corrected chi connectivity index (χ1v) is 20.1. The molecular formula is C34H32N4O6S4. The fourth-order valence-corrected chi connectivity index (χ4v) is 7.04. The zero-order chi connectivity index (χ0) is 34.3. The minimum absolute atomic E-state index is 0.109. The zero-order valence-corrected chi connectivity index (χ0v) is 29.7. The van der Waals surface area contributed by atoms with Crippen LogP contribution in [0.1, 0.15) is 35.8 Å². The van der Waals surface area contributed by atoms with E-state index in [-0.39, 0.29) is 22.0 Å². The predicted octanol–water partition coefficient (Wildman–Crippen LogP) is 7.50. The molecule has 4 heterocycles. The fraction of sp³-hybridized carbons (Fsp3) is 0.176. The molecule has 0 aliphatic rings. The molecule has 14 heteroatoms. The Kier molecular flexibility index (Phi) is 11.0. The number of hydrogen-bond acceptors (Lipinski definition) is 12. The number of thiophene rings is 2. The van der Waals surface area contributed by atoms with E-state index >= 15 is 0 Å². The van der Waals surface area contributed by atoms with Crippen LogP contribution >= 0.6 is 22.7 Å². The summed E-state index contributed by atoms with van der Waals surface area (Å²) >= 11 is 3.25. The van der Waals surface area contributed by atoms with E-state index in [0.29, 0.717) is 23.1 Å². The Balaban J connectivity index is 0.000000188. The second-order valence-corrected chi connectivity index (χ2v) is 16.6. The normalized spacial score (nSPS) is 12.8. The monoisotopic (exact) mass is 720 g/mol. The summed E-state index contributed by atoms with van der Waals surface area (Å²) in [5.74, 6) is 0.862. The van der Waals surface area contributed by atoms with Crippen molar-refractivity contribution in [2.45, 2.75) is 35.8 Å². The molecule has 6 rings (SSSR count). The number of sulfone groups is 2. The molecule has 48 heavy (non-hydrogen) atoms. The molecule has 10 nitrogen and oxygen atoms in total. The summed E-state index contributed by atoms with van der Waals surface area (Å²) in [7, 11) is -6.42. The number of benzene rings is 2. The summed E-state index contributed by atoms with van der Waals surface area (Å²) in [6, 6.07) is 21.1. The maximum Gasteiger partial charge on any atom is 0.233 e. The second-order valence-electron chi connectivity index (χ2n) is 10.6. The lowest BCUT2D eigenvalue weighted by Crippen LogP contribution is -2.03. The van der Waals surface area contributed by atoms with Gasteiger partial charge in [0.15, 0.2) is 19.7 Å². The van der Waals surface area contributed by atoms with Crippen molar-refractivity contribution in [3.05, 3.63) is 118 Å². The van der Waals surface area contributed by atoms with Gasteiger partial charge in [-0.15, -0.1) is 22.7 Å². The predicted molar refractivity (Wildman–Crippen MR) is 188 cm³/mol. The standard InChI is InChI=1S/2C17H16N2O3S2/c2*1-12(16-4-3-9-23-16)22-17-11-18-10-15(19-17)13-5-7-14(8-6-13)24(2,20)21/h2*3-12H,1-2H3/t2*12-/m10/s1. The highest BCUT2D eigenvalue weighted by atomic mass is 32.2. The third-order valence-corrected chi connectivity index (χ3v) is 11.2. The van der Waals surface area contributed by atoms with Crippen LogP contribution in [0.2, 0.25) is 0 Å². The van der Waals surface area contributed by atoms with E-state index in [4.69, 9.17) is 9.47 Å². The average Bonchev–Trinajstić information content (AvgIpc) is 3.81. The van der Waals surface area contributed by atoms with Crippen LogP contribution in [-0.4, -0.2) is 49.3 Å². The molecule has 0 N–H and O–H groups in total. The van der Waals surface area contributed by atoms with Gasteiger partial charge in [0.25, 0.3) is 0 Å². The van der Waals surface area contributed by atoms with Crippen LogP contribution in [0.3, 0.4) is 0 Å². The Morgan fingerprint density at radius 1 is 0.562 bits per heavy atom. The van der Waals surface area contributed by atoms with E-state index in [1.165, 1.54) is 12.5 Å².